The van der Waals surface area contributed by atoms with Gasteiger partial charge in [0.15, 0.2) is 0 Å². The zero-order valence-electron chi connectivity index (χ0n) is 11.7. The van der Waals surface area contributed by atoms with Crippen molar-refractivity contribution in [2.45, 2.75) is 25.6 Å². The van der Waals surface area contributed by atoms with Crippen LogP contribution in [0.2, 0.25) is 0 Å². The van der Waals surface area contributed by atoms with E-state index in [1.807, 2.05) is 19.9 Å². The van der Waals surface area contributed by atoms with Gasteiger partial charge in [0.25, 0.3) is 0 Å². The number of carbonyl (C=O) groups is 1. The van der Waals surface area contributed by atoms with E-state index in [1.54, 1.807) is 6.26 Å². The normalized spacial score (nSPS) is 26.4. The summed E-state index contributed by atoms with van der Waals surface area (Å²) in [6.07, 6.45) is 2.00. The standard InChI is InChI=1S/C13H15BBrNO5/c1-13(2)8-6-19-4-3-7-10(8)14(21-13)20-9(11(7)15)5-16-12(17)18/h3-4,9,16H,5-6H2,1-2H3,(H,17,18)/t9-/m0/s1. The van der Waals surface area contributed by atoms with Gasteiger partial charge in [-0.1, -0.05) is 15.9 Å². The van der Waals surface area contributed by atoms with Gasteiger partial charge in [-0.3, -0.25) is 0 Å². The summed E-state index contributed by atoms with van der Waals surface area (Å²) in [5.41, 5.74) is 2.50. The first-order valence-electron chi connectivity index (χ1n) is 6.62. The number of hydrogen-bond donors (Lipinski definition) is 2. The smallest absolute Gasteiger partial charge is 0.495 e. The van der Waals surface area contributed by atoms with Crippen LogP contribution in [0.3, 0.4) is 0 Å². The molecule has 0 spiro atoms. The fourth-order valence-corrected chi connectivity index (χ4v) is 3.36. The third-order valence-electron chi connectivity index (χ3n) is 3.80. The largest absolute Gasteiger partial charge is 0.497 e. The van der Waals surface area contributed by atoms with Gasteiger partial charge in [0, 0.05) is 4.48 Å². The van der Waals surface area contributed by atoms with Crippen LogP contribution >= 0.6 is 15.9 Å². The van der Waals surface area contributed by atoms with E-state index < -0.39 is 24.9 Å². The summed E-state index contributed by atoms with van der Waals surface area (Å²) < 4.78 is 18.2. The van der Waals surface area contributed by atoms with Crippen LogP contribution in [0.4, 0.5) is 4.79 Å². The van der Waals surface area contributed by atoms with E-state index in [-0.39, 0.29) is 6.54 Å². The molecule has 0 fully saturated rings. The first-order valence-corrected chi connectivity index (χ1v) is 7.41. The highest BCUT2D eigenvalue weighted by Crippen LogP contribution is 2.45. The highest BCUT2D eigenvalue weighted by molar-refractivity contribution is 9.11. The van der Waals surface area contributed by atoms with Crippen molar-refractivity contribution < 1.29 is 23.9 Å². The van der Waals surface area contributed by atoms with Gasteiger partial charge in [-0.2, -0.15) is 0 Å². The van der Waals surface area contributed by atoms with E-state index in [2.05, 4.69) is 21.2 Å². The first kappa shape index (κ1) is 14.7. The Kier molecular flexibility index (Phi) is 3.63. The molecule has 0 unspecified atom stereocenters. The maximum absolute atomic E-state index is 10.7. The Morgan fingerprint density at radius 2 is 2.38 bits per heavy atom. The molecule has 1 atom stereocenters. The topological polar surface area (TPSA) is 77.0 Å². The van der Waals surface area contributed by atoms with Gasteiger partial charge in [-0.25, -0.2) is 4.79 Å². The molecule has 0 aliphatic carbocycles. The first-order chi connectivity index (χ1) is 9.90. The second kappa shape index (κ2) is 5.19. The Morgan fingerprint density at radius 1 is 1.62 bits per heavy atom. The van der Waals surface area contributed by atoms with Gasteiger partial charge in [-0.15, -0.1) is 0 Å². The monoisotopic (exact) mass is 355 g/mol. The highest BCUT2D eigenvalue weighted by atomic mass is 79.9. The van der Waals surface area contributed by atoms with Gasteiger partial charge in [0.1, 0.15) is 6.61 Å². The summed E-state index contributed by atoms with van der Waals surface area (Å²) in [6.45, 7) is 4.56. The molecule has 0 aromatic rings. The number of hydrogen-bond acceptors (Lipinski definition) is 4. The lowest BCUT2D eigenvalue weighted by Crippen LogP contribution is -2.42. The molecule has 6 nitrogen and oxygen atoms in total. The molecule has 0 saturated carbocycles. The molecule has 2 N–H and O–H groups in total. The van der Waals surface area contributed by atoms with Crippen molar-refractivity contribution in [1.82, 2.24) is 5.32 Å². The summed E-state index contributed by atoms with van der Waals surface area (Å²) in [7, 11) is -0.502. The van der Waals surface area contributed by atoms with Gasteiger partial charge in [0.2, 0.25) is 0 Å². The molecule has 1 amide bonds. The zero-order valence-corrected chi connectivity index (χ0v) is 13.3. The van der Waals surface area contributed by atoms with Gasteiger partial charge >= 0.3 is 13.2 Å². The van der Waals surface area contributed by atoms with Crippen molar-refractivity contribution in [3.63, 3.8) is 0 Å². The Morgan fingerprint density at radius 3 is 3.10 bits per heavy atom. The summed E-state index contributed by atoms with van der Waals surface area (Å²) in [5.74, 6) is 0. The van der Waals surface area contributed by atoms with E-state index in [4.69, 9.17) is 19.2 Å². The van der Waals surface area contributed by atoms with Crippen molar-refractivity contribution in [3.05, 3.63) is 33.4 Å². The molecule has 0 saturated heterocycles. The van der Waals surface area contributed by atoms with E-state index in [0.29, 0.717) is 6.61 Å². The maximum atomic E-state index is 10.7. The van der Waals surface area contributed by atoms with Crippen LogP contribution in [0.5, 0.6) is 0 Å². The zero-order chi connectivity index (χ0) is 15.2. The molecule has 8 heteroatoms. The van der Waals surface area contributed by atoms with E-state index >= 15 is 0 Å². The van der Waals surface area contributed by atoms with Crippen LogP contribution in [0.1, 0.15) is 13.8 Å². The Labute approximate surface area is 131 Å². The number of nitrogens with one attached hydrogen (secondary N) is 1. The SMILES string of the molecule is CC1(C)OB2O[C@@H](CNC(=O)O)C(Br)=C3C=COCC1=C23. The molecule has 3 aliphatic rings. The number of allylic oxidation sites excluding steroid dienone is 3. The van der Waals surface area contributed by atoms with Crippen LogP contribution in [-0.2, 0) is 14.0 Å². The predicted molar refractivity (Wildman–Crippen MR) is 79.9 cm³/mol. The summed E-state index contributed by atoms with van der Waals surface area (Å²) in [4.78, 5) is 10.7. The molecule has 112 valence electrons. The van der Waals surface area contributed by atoms with Crippen molar-refractivity contribution in [2.24, 2.45) is 0 Å². The highest BCUT2D eigenvalue weighted by Gasteiger charge is 2.50. The molecular formula is C13H15BBrNO5. The Balaban J connectivity index is 1.99. The third kappa shape index (κ3) is 2.51. The summed E-state index contributed by atoms with van der Waals surface area (Å²) >= 11 is 3.53. The number of ether oxygens (including phenoxy) is 1. The molecule has 3 aliphatic heterocycles. The predicted octanol–water partition coefficient (Wildman–Crippen LogP) is 1.98. The van der Waals surface area contributed by atoms with Crippen LogP contribution < -0.4 is 5.32 Å². The molecule has 3 rings (SSSR count). The number of rotatable bonds is 2. The molecule has 3 heterocycles. The van der Waals surface area contributed by atoms with Crippen LogP contribution in [0, 0.1) is 0 Å². The molecule has 0 aromatic carbocycles. The maximum Gasteiger partial charge on any atom is 0.495 e. The lowest BCUT2D eigenvalue weighted by molar-refractivity contribution is 0.0893. The molecule has 0 radical (unpaired) electrons. The van der Waals surface area contributed by atoms with E-state index in [9.17, 15) is 4.79 Å². The Bertz CT molecular complexity index is 583. The van der Waals surface area contributed by atoms with Crippen molar-refractivity contribution >= 4 is 29.1 Å². The van der Waals surface area contributed by atoms with Gasteiger partial charge in [0.05, 0.1) is 24.5 Å². The molecule has 21 heavy (non-hydrogen) atoms. The van der Waals surface area contributed by atoms with Gasteiger partial charge < -0.3 is 24.5 Å². The summed E-state index contributed by atoms with van der Waals surface area (Å²) in [5, 5.41) is 11.1. The number of carboxylic acid groups (broad SMARTS) is 1. The third-order valence-corrected chi connectivity index (χ3v) is 4.74. The Hall–Kier alpha value is -1.25. The number of halogens is 1. The van der Waals surface area contributed by atoms with Crippen molar-refractivity contribution in [1.29, 1.82) is 0 Å². The van der Waals surface area contributed by atoms with Crippen molar-refractivity contribution in [3.8, 4) is 0 Å². The molecule has 0 bridgehead atoms. The lowest BCUT2D eigenvalue weighted by Gasteiger charge is -2.29. The lowest BCUT2D eigenvalue weighted by atomic mass is 9.70. The minimum atomic E-state index is -1.08. The van der Waals surface area contributed by atoms with E-state index in [0.717, 1.165) is 21.1 Å². The fraction of sp³-hybridized carbons (Fsp3) is 0.462. The second-order valence-corrected chi connectivity index (χ2v) is 6.39. The minimum Gasteiger partial charge on any atom is -0.497 e. The number of amides is 1. The minimum absolute atomic E-state index is 0.150. The quantitative estimate of drug-likeness (QED) is 0.740. The van der Waals surface area contributed by atoms with Crippen LogP contribution in [-0.4, -0.2) is 43.2 Å². The fourth-order valence-electron chi connectivity index (χ4n) is 2.75. The van der Waals surface area contributed by atoms with Crippen LogP contribution in [0.15, 0.2) is 33.4 Å². The average Bonchev–Trinajstić information content (AvgIpc) is 2.57. The van der Waals surface area contributed by atoms with Crippen LogP contribution in [0.25, 0.3) is 0 Å². The average molecular weight is 356 g/mol. The summed E-state index contributed by atoms with van der Waals surface area (Å²) in [6, 6.07) is 0. The molecule has 0 aromatic heterocycles. The van der Waals surface area contributed by atoms with Crippen molar-refractivity contribution in [2.75, 3.05) is 13.2 Å². The molecular weight excluding hydrogens is 341 g/mol. The second-order valence-electron chi connectivity index (χ2n) is 5.54. The van der Waals surface area contributed by atoms with E-state index in [1.165, 1.54) is 0 Å². The van der Waals surface area contributed by atoms with Gasteiger partial charge in [-0.05, 0) is 36.5 Å².